The molecule has 0 amide bonds. The van der Waals surface area contributed by atoms with Crippen LogP contribution in [0.4, 0.5) is 4.39 Å². The molecule has 0 atom stereocenters. The highest BCUT2D eigenvalue weighted by molar-refractivity contribution is 7.98. The second-order valence-electron chi connectivity index (χ2n) is 5.81. The van der Waals surface area contributed by atoms with Crippen molar-refractivity contribution < 1.29 is 4.39 Å². The molecular formula is C16H20FN3S. The molecule has 1 heterocycles. The standard InChI is InChI=1S/C16H20FN3S/c1-16(2,3)19-10-13-8-9-18-15(20-13)11-21-14-6-4-12(17)5-7-14/h4-9,19H,10-11H2,1-3H3. The summed E-state index contributed by atoms with van der Waals surface area (Å²) < 4.78 is 12.8. The molecule has 0 spiro atoms. The third-order valence-corrected chi connectivity index (χ3v) is 3.75. The molecule has 3 nitrogen and oxygen atoms in total. The molecule has 21 heavy (non-hydrogen) atoms. The number of halogens is 1. The third kappa shape index (κ3) is 5.81. The van der Waals surface area contributed by atoms with E-state index in [2.05, 4.69) is 36.1 Å². The Hall–Kier alpha value is -1.46. The summed E-state index contributed by atoms with van der Waals surface area (Å²) in [6.45, 7) is 7.10. The van der Waals surface area contributed by atoms with Crippen LogP contribution in [0.15, 0.2) is 41.4 Å². The summed E-state index contributed by atoms with van der Waals surface area (Å²) in [7, 11) is 0. The number of rotatable bonds is 5. The van der Waals surface area contributed by atoms with E-state index in [-0.39, 0.29) is 11.4 Å². The molecule has 2 rings (SSSR count). The lowest BCUT2D eigenvalue weighted by Crippen LogP contribution is -2.35. The zero-order chi connectivity index (χ0) is 15.3. The molecule has 0 bridgehead atoms. The van der Waals surface area contributed by atoms with Crippen molar-refractivity contribution in [1.82, 2.24) is 15.3 Å². The number of hydrogen-bond acceptors (Lipinski definition) is 4. The fourth-order valence-corrected chi connectivity index (χ4v) is 2.41. The van der Waals surface area contributed by atoms with Crippen LogP contribution < -0.4 is 5.32 Å². The second kappa shape index (κ2) is 7.00. The maximum Gasteiger partial charge on any atom is 0.138 e. The molecule has 0 aliphatic rings. The van der Waals surface area contributed by atoms with Crippen LogP contribution in [-0.2, 0) is 12.3 Å². The molecule has 0 unspecified atom stereocenters. The maximum atomic E-state index is 12.8. The van der Waals surface area contributed by atoms with E-state index in [4.69, 9.17) is 0 Å². The van der Waals surface area contributed by atoms with Crippen LogP contribution in [0.3, 0.4) is 0 Å². The van der Waals surface area contributed by atoms with Gasteiger partial charge >= 0.3 is 0 Å². The minimum absolute atomic E-state index is 0.0635. The molecule has 0 saturated heterocycles. The Kier molecular flexibility index (Phi) is 5.31. The molecular weight excluding hydrogens is 285 g/mol. The summed E-state index contributed by atoms with van der Waals surface area (Å²) in [5, 5.41) is 3.41. The Morgan fingerprint density at radius 3 is 2.52 bits per heavy atom. The molecule has 0 radical (unpaired) electrons. The minimum Gasteiger partial charge on any atom is -0.306 e. The maximum absolute atomic E-state index is 12.8. The van der Waals surface area contributed by atoms with E-state index in [1.807, 2.05) is 6.07 Å². The topological polar surface area (TPSA) is 37.8 Å². The summed E-state index contributed by atoms with van der Waals surface area (Å²) in [4.78, 5) is 9.83. The van der Waals surface area contributed by atoms with Gasteiger partial charge in [-0.1, -0.05) is 0 Å². The predicted octanol–water partition coefficient (Wildman–Crippen LogP) is 3.80. The van der Waals surface area contributed by atoms with Crippen molar-refractivity contribution in [2.75, 3.05) is 0 Å². The van der Waals surface area contributed by atoms with Gasteiger partial charge < -0.3 is 5.32 Å². The number of benzene rings is 1. The summed E-state index contributed by atoms with van der Waals surface area (Å²) in [5.74, 6) is 1.25. The van der Waals surface area contributed by atoms with Crippen LogP contribution in [-0.4, -0.2) is 15.5 Å². The average molecular weight is 305 g/mol. The Morgan fingerprint density at radius 2 is 1.86 bits per heavy atom. The van der Waals surface area contributed by atoms with Gasteiger partial charge in [-0.2, -0.15) is 0 Å². The van der Waals surface area contributed by atoms with E-state index in [1.54, 1.807) is 30.1 Å². The highest BCUT2D eigenvalue weighted by atomic mass is 32.2. The molecule has 1 aromatic carbocycles. The van der Waals surface area contributed by atoms with E-state index >= 15 is 0 Å². The molecule has 0 aliphatic carbocycles. The van der Waals surface area contributed by atoms with Crippen molar-refractivity contribution in [3.8, 4) is 0 Å². The van der Waals surface area contributed by atoms with E-state index in [1.165, 1.54) is 12.1 Å². The van der Waals surface area contributed by atoms with E-state index in [0.29, 0.717) is 5.75 Å². The van der Waals surface area contributed by atoms with Gasteiger partial charge in [-0.25, -0.2) is 14.4 Å². The highest BCUT2D eigenvalue weighted by Gasteiger charge is 2.09. The fourth-order valence-electron chi connectivity index (χ4n) is 1.64. The highest BCUT2D eigenvalue weighted by Crippen LogP contribution is 2.21. The number of nitrogens with one attached hydrogen (secondary N) is 1. The molecule has 1 aromatic heterocycles. The van der Waals surface area contributed by atoms with Crippen molar-refractivity contribution in [1.29, 1.82) is 0 Å². The van der Waals surface area contributed by atoms with Crippen molar-refractivity contribution in [3.63, 3.8) is 0 Å². The smallest absolute Gasteiger partial charge is 0.138 e. The molecule has 5 heteroatoms. The quantitative estimate of drug-likeness (QED) is 0.853. The normalized spacial score (nSPS) is 11.6. The first kappa shape index (κ1) is 15.9. The number of aromatic nitrogens is 2. The van der Waals surface area contributed by atoms with Gasteiger partial charge in [-0.3, -0.25) is 0 Å². The molecule has 0 aliphatic heterocycles. The van der Waals surface area contributed by atoms with Crippen LogP contribution in [0.5, 0.6) is 0 Å². The van der Waals surface area contributed by atoms with Crippen molar-refractivity contribution in [2.24, 2.45) is 0 Å². The summed E-state index contributed by atoms with van der Waals surface area (Å²) in [6.07, 6.45) is 1.78. The lowest BCUT2D eigenvalue weighted by atomic mass is 10.1. The summed E-state index contributed by atoms with van der Waals surface area (Å²) in [5.41, 5.74) is 1.04. The van der Waals surface area contributed by atoms with Crippen molar-refractivity contribution in [2.45, 2.75) is 43.5 Å². The average Bonchev–Trinajstić information content (AvgIpc) is 2.44. The molecule has 112 valence electrons. The predicted molar refractivity (Wildman–Crippen MR) is 84.6 cm³/mol. The van der Waals surface area contributed by atoms with Gasteiger partial charge in [0, 0.05) is 23.2 Å². The molecule has 0 fully saturated rings. The first-order valence-electron chi connectivity index (χ1n) is 6.86. The van der Waals surface area contributed by atoms with Gasteiger partial charge in [-0.15, -0.1) is 11.8 Å². The Labute approximate surface area is 129 Å². The lowest BCUT2D eigenvalue weighted by Gasteiger charge is -2.20. The van der Waals surface area contributed by atoms with Gasteiger partial charge in [0.1, 0.15) is 11.6 Å². The number of nitrogens with zero attached hydrogens (tertiary/aromatic N) is 2. The van der Waals surface area contributed by atoms with E-state index in [9.17, 15) is 4.39 Å². The van der Waals surface area contributed by atoms with Gasteiger partial charge in [-0.05, 0) is 51.1 Å². The summed E-state index contributed by atoms with van der Waals surface area (Å²) in [6, 6.07) is 8.39. The van der Waals surface area contributed by atoms with Gasteiger partial charge in [0.05, 0.1) is 11.4 Å². The Balaban J connectivity index is 1.93. The third-order valence-electron chi connectivity index (χ3n) is 2.74. The zero-order valence-corrected chi connectivity index (χ0v) is 13.4. The van der Waals surface area contributed by atoms with Gasteiger partial charge in [0.15, 0.2) is 0 Å². The Bertz CT molecular complexity index is 579. The first-order chi connectivity index (χ1) is 9.92. The second-order valence-corrected chi connectivity index (χ2v) is 6.86. The number of hydrogen-bond donors (Lipinski definition) is 1. The van der Waals surface area contributed by atoms with E-state index in [0.717, 1.165) is 23.0 Å². The van der Waals surface area contributed by atoms with E-state index < -0.39 is 0 Å². The monoisotopic (exact) mass is 305 g/mol. The SMILES string of the molecule is CC(C)(C)NCc1ccnc(CSc2ccc(F)cc2)n1. The van der Waals surface area contributed by atoms with Crippen LogP contribution in [0.25, 0.3) is 0 Å². The van der Waals surface area contributed by atoms with Crippen molar-refractivity contribution in [3.05, 3.63) is 53.9 Å². The van der Waals surface area contributed by atoms with Gasteiger partial charge in [0.2, 0.25) is 0 Å². The zero-order valence-electron chi connectivity index (χ0n) is 12.6. The molecule has 1 N–H and O–H groups in total. The van der Waals surface area contributed by atoms with Crippen LogP contribution in [0.2, 0.25) is 0 Å². The van der Waals surface area contributed by atoms with Crippen LogP contribution >= 0.6 is 11.8 Å². The molecule has 0 saturated carbocycles. The van der Waals surface area contributed by atoms with Gasteiger partial charge in [0.25, 0.3) is 0 Å². The Morgan fingerprint density at radius 1 is 1.14 bits per heavy atom. The summed E-state index contributed by atoms with van der Waals surface area (Å²) >= 11 is 1.60. The molecule has 2 aromatic rings. The number of thioether (sulfide) groups is 1. The first-order valence-corrected chi connectivity index (χ1v) is 7.85. The fraction of sp³-hybridized carbons (Fsp3) is 0.375. The largest absolute Gasteiger partial charge is 0.306 e. The van der Waals surface area contributed by atoms with Crippen molar-refractivity contribution >= 4 is 11.8 Å². The van der Waals surface area contributed by atoms with Crippen LogP contribution in [0.1, 0.15) is 32.3 Å². The van der Waals surface area contributed by atoms with Crippen LogP contribution in [0, 0.1) is 5.82 Å². The minimum atomic E-state index is -0.217. The lowest BCUT2D eigenvalue weighted by molar-refractivity contribution is 0.421.